The molecule has 24 heavy (non-hydrogen) atoms. The molecule has 0 unspecified atom stereocenters. The summed E-state index contributed by atoms with van der Waals surface area (Å²) in [4.78, 5) is 30.1. The summed E-state index contributed by atoms with van der Waals surface area (Å²) in [5, 5.41) is 9.16. The van der Waals surface area contributed by atoms with Crippen LogP contribution in [0, 0.1) is 0 Å². The van der Waals surface area contributed by atoms with Crippen LogP contribution in [0.1, 0.15) is 14.5 Å². The zero-order valence-corrected chi connectivity index (χ0v) is 14.1. The van der Waals surface area contributed by atoms with E-state index >= 15 is 0 Å². The molecule has 2 amide bonds. The largest absolute Gasteiger partial charge is 0.321 e. The van der Waals surface area contributed by atoms with Crippen LogP contribution < -0.4 is 10.6 Å². The van der Waals surface area contributed by atoms with E-state index in [0.29, 0.717) is 10.6 Å². The van der Waals surface area contributed by atoms with Gasteiger partial charge in [0, 0.05) is 23.0 Å². The van der Waals surface area contributed by atoms with E-state index in [4.69, 9.17) is 0 Å². The molecule has 2 N–H and O–H groups in total. The molecule has 0 atom stereocenters. The average Bonchev–Trinajstić information content (AvgIpc) is 3.29. The molecule has 3 aromatic rings. The lowest BCUT2D eigenvalue weighted by Crippen LogP contribution is -2.30. The van der Waals surface area contributed by atoms with Crippen LogP contribution in [0.15, 0.2) is 65.2 Å². The van der Waals surface area contributed by atoms with Crippen molar-refractivity contribution in [3.63, 3.8) is 0 Å². The van der Waals surface area contributed by atoms with Gasteiger partial charge in [-0.2, -0.15) is 0 Å². The number of anilines is 1. The number of carbonyl (C=O) groups excluding carboxylic acids is 2. The SMILES string of the molecule is O=C(Nc1ccncc1)C(=Cc1cccs1)NC(=O)c1cccs1. The molecular formula is C17H13N3O2S2. The molecule has 0 saturated carbocycles. The highest BCUT2D eigenvalue weighted by Crippen LogP contribution is 2.15. The Morgan fingerprint density at radius 1 is 1.00 bits per heavy atom. The summed E-state index contributed by atoms with van der Waals surface area (Å²) in [5.74, 6) is -0.697. The standard InChI is InChI=1S/C17H13N3O2S2/c21-16(19-12-5-7-18-8-6-12)14(11-13-3-1-9-23-13)20-17(22)15-4-2-10-24-15/h1-11H,(H,20,22)(H,18,19,21). The Balaban J connectivity index is 1.82. The number of carbonyl (C=O) groups is 2. The molecule has 0 aliphatic rings. The van der Waals surface area contributed by atoms with E-state index in [9.17, 15) is 9.59 Å². The highest BCUT2D eigenvalue weighted by atomic mass is 32.1. The van der Waals surface area contributed by atoms with Crippen LogP contribution >= 0.6 is 22.7 Å². The Morgan fingerprint density at radius 2 is 1.75 bits per heavy atom. The first-order valence-electron chi connectivity index (χ1n) is 7.04. The van der Waals surface area contributed by atoms with Crippen molar-refractivity contribution in [2.75, 3.05) is 5.32 Å². The third kappa shape index (κ3) is 4.15. The minimum atomic E-state index is -0.389. The van der Waals surface area contributed by atoms with Crippen molar-refractivity contribution in [3.05, 3.63) is 75.0 Å². The lowest BCUT2D eigenvalue weighted by molar-refractivity contribution is -0.113. The third-order valence-electron chi connectivity index (χ3n) is 3.01. The number of amides is 2. The number of aromatic nitrogens is 1. The normalized spacial score (nSPS) is 11.1. The fraction of sp³-hybridized carbons (Fsp3) is 0. The molecule has 5 nitrogen and oxygen atoms in total. The van der Waals surface area contributed by atoms with Crippen LogP contribution in [0.4, 0.5) is 5.69 Å². The maximum atomic E-state index is 12.5. The Hall–Kier alpha value is -2.77. The highest BCUT2D eigenvalue weighted by molar-refractivity contribution is 7.12. The summed E-state index contributed by atoms with van der Waals surface area (Å²) in [6.07, 6.45) is 4.83. The fourth-order valence-electron chi connectivity index (χ4n) is 1.90. The number of rotatable bonds is 5. The van der Waals surface area contributed by atoms with Gasteiger partial charge in [0.2, 0.25) is 0 Å². The summed E-state index contributed by atoms with van der Waals surface area (Å²) in [6, 6.07) is 10.6. The van der Waals surface area contributed by atoms with E-state index in [0.717, 1.165) is 4.88 Å². The first-order chi connectivity index (χ1) is 11.7. The van der Waals surface area contributed by atoms with Gasteiger partial charge < -0.3 is 10.6 Å². The Kier molecular flexibility index (Phi) is 5.15. The predicted octanol–water partition coefficient (Wildman–Crippen LogP) is 3.61. The zero-order valence-electron chi connectivity index (χ0n) is 12.4. The molecule has 0 aromatic carbocycles. The molecule has 0 aliphatic heterocycles. The van der Waals surface area contributed by atoms with Gasteiger partial charge in [-0.1, -0.05) is 12.1 Å². The second-order valence-electron chi connectivity index (χ2n) is 4.69. The number of hydrogen-bond acceptors (Lipinski definition) is 5. The van der Waals surface area contributed by atoms with Crippen molar-refractivity contribution in [1.82, 2.24) is 10.3 Å². The van der Waals surface area contributed by atoms with Gasteiger partial charge in [0.15, 0.2) is 0 Å². The van der Waals surface area contributed by atoms with E-state index in [-0.39, 0.29) is 17.5 Å². The van der Waals surface area contributed by atoms with E-state index in [1.54, 1.807) is 42.7 Å². The van der Waals surface area contributed by atoms with Crippen LogP contribution in [0.3, 0.4) is 0 Å². The molecule has 0 radical (unpaired) electrons. The Morgan fingerprint density at radius 3 is 2.42 bits per heavy atom. The Labute approximate surface area is 146 Å². The minimum Gasteiger partial charge on any atom is -0.321 e. The van der Waals surface area contributed by atoms with Crippen LogP contribution in [-0.2, 0) is 4.79 Å². The third-order valence-corrected chi connectivity index (χ3v) is 4.69. The predicted molar refractivity (Wildman–Crippen MR) is 96.9 cm³/mol. The maximum absolute atomic E-state index is 12.5. The second kappa shape index (κ2) is 7.67. The number of pyridine rings is 1. The van der Waals surface area contributed by atoms with Crippen LogP contribution in [0.2, 0.25) is 0 Å². The van der Waals surface area contributed by atoms with Crippen molar-refractivity contribution in [1.29, 1.82) is 0 Å². The molecule has 0 aliphatic carbocycles. The van der Waals surface area contributed by atoms with Crippen molar-refractivity contribution in [3.8, 4) is 0 Å². The number of nitrogens with one attached hydrogen (secondary N) is 2. The van der Waals surface area contributed by atoms with Gasteiger partial charge in [0.25, 0.3) is 11.8 Å². The quantitative estimate of drug-likeness (QED) is 0.687. The van der Waals surface area contributed by atoms with Crippen molar-refractivity contribution in [2.24, 2.45) is 0 Å². The molecule has 0 spiro atoms. The van der Waals surface area contributed by atoms with Crippen LogP contribution in [0.5, 0.6) is 0 Å². The average molecular weight is 355 g/mol. The molecule has 3 aromatic heterocycles. The minimum absolute atomic E-state index is 0.188. The molecule has 120 valence electrons. The summed E-state index contributed by atoms with van der Waals surface area (Å²) < 4.78 is 0. The van der Waals surface area contributed by atoms with Gasteiger partial charge in [-0.25, -0.2) is 0 Å². The maximum Gasteiger partial charge on any atom is 0.272 e. The topological polar surface area (TPSA) is 71.1 Å². The summed E-state index contributed by atoms with van der Waals surface area (Å²) >= 11 is 2.80. The molecular weight excluding hydrogens is 342 g/mol. The van der Waals surface area contributed by atoms with Crippen molar-refractivity contribution < 1.29 is 9.59 Å². The molecule has 0 bridgehead atoms. The second-order valence-corrected chi connectivity index (χ2v) is 6.62. The lowest BCUT2D eigenvalue weighted by atomic mass is 10.3. The van der Waals surface area contributed by atoms with Gasteiger partial charge in [0.1, 0.15) is 5.70 Å². The number of thiophene rings is 2. The summed E-state index contributed by atoms with van der Waals surface area (Å²) in [6.45, 7) is 0. The lowest BCUT2D eigenvalue weighted by Gasteiger charge is -2.10. The van der Waals surface area contributed by atoms with E-state index in [1.165, 1.54) is 22.7 Å². The van der Waals surface area contributed by atoms with Crippen LogP contribution in [-0.4, -0.2) is 16.8 Å². The number of nitrogens with zero attached hydrogens (tertiary/aromatic N) is 1. The molecule has 3 heterocycles. The van der Waals surface area contributed by atoms with Gasteiger partial charge in [-0.15, -0.1) is 22.7 Å². The number of hydrogen-bond donors (Lipinski definition) is 2. The first-order valence-corrected chi connectivity index (χ1v) is 8.80. The molecule has 3 rings (SSSR count). The monoisotopic (exact) mass is 355 g/mol. The smallest absolute Gasteiger partial charge is 0.272 e. The Bertz CT molecular complexity index is 841. The summed E-state index contributed by atoms with van der Waals surface area (Å²) in [7, 11) is 0. The van der Waals surface area contributed by atoms with E-state index in [1.807, 2.05) is 22.9 Å². The van der Waals surface area contributed by atoms with Gasteiger partial charge >= 0.3 is 0 Å². The van der Waals surface area contributed by atoms with E-state index < -0.39 is 0 Å². The highest BCUT2D eigenvalue weighted by Gasteiger charge is 2.15. The van der Waals surface area contributed by atoms with E-state index in [2.05, 4.69) is 15.6 Å². The first kappa shape index (κ1) is 16.1. The zero-order chi connectivity index (χ0) is 16.8. The van der Waals surface area contributed by atoms with Gasteiger partial charge in [-0.3, -0.25) is 14.6 Å². The molecule has 0 fully saturated rings. The fourth-order valence-corrected chi connectivity index (χ4v) is 3.18. The van der Waals surface area contributed by atoms with Crippen molar-refractivity contribution in [2.45, 2.75) is 0 Å². The van der Waals surface area contributed by atoms with Crippen LogP contribution in [0.25, 0.3) is 6.08 Å². The van der Waals surface area contributed by atoms with Crippen molar-refractivity contribution >= 4 is 46.3 Å². The summed E-state index contributed by atoms with van der Waals surface area (Å²) in [5.41, 5.74) is 0.796. The van der Waals surface area contributed by atoms with Gasteiger partial charge in [-0.05, 0) is 41.1 Å². The van der Waals surface area contributed by atoms with Gasteiger partial charge in [0.05, 0.1) is 4.88 Å². The molecule has 0 saturated heterocycles. The molecule has 7 heteroatoms.